The zero-order valence-corrected chi connectivity index (χ0v) is 16.3. The Morgan fingerprint density at radius 3 is 2.77 bits per heavy atom. The predicted octanol–water partition coefficient (Wildman–Crippen LogP) is 4.07. The molecule has 31 heavy (non-hydrogen) atoms. The second kappa shape index (κ2) is 7.26. The molecule has 2 heterocycles. The summed E-state index contributed by atoms with van der Waals surface area (Å²) in [6.45, 7) is 0.266. The summed E-state index contributed by atoms with van der Waals surface area (Å²) in [5, 5.41) is 9.15. The van der Waals surface area contributed by atoms with Crippen LogP contribution in [-0.2, 0) is 13.0 Å². The van der Waals surface area contributed by atoms with Crippen molar-refractivity contribution in [3.8, 4) is 6.07 Å². The maximum Gasteiger partial charge on any atom is 0.417 e. The molecule has 0 saturated carbocycles. The molecule has 1 aromatic heterocycles. The van der Waals surface area contributed by atoms with E-state index in [-0.39, 0.29) is 30.5 Å². The summed E-state index contributed by atoms with van der Waals surface area (Å²) in [6.07, 6.45) is 0.242. The third-order valence-corrected chi connectivity index (χ3v) is 5.64. The van der Waals surface area contributed by atoms with Gasteiger partial charge >= 0.3 is 5.76 Å². The lowest BCUT2D eigenvalue weighted by molar-refractivity contribution is 0.0708. The first kappa shape index (κ1) is 18.8. The van der Waals surface area contributed by atoms with Gasteiger partial charge < -0.3 is 9.32 Å². The van der Waals surface area contributed by atoms with Crippen LogP contribution in [0.4, 0.5) is 4.39 Å². The quantitative estimate of drug-likeness (QED) is 0.546. The van der Waals surface area contributed by atoms with Crippen LogP contribution < -0.4 is 5.76 Å². The highest BCUT2D eigenvalue weighted by Gasteiger charge is 2.37. The number of fused-ring (bicyclic) bond motifs is 2. The van der Waals surface area contributed by atoms with Gasteiger partial charge in [-0.25, -0.2) is 9.18 Å². The molecule has 0 spiro atoms. The van der Waals surface area contributed by atoms with Crippen LogP contribution in [0.1, 0.15) is 38.7 Å². The maximum absolute atomic E-state index is 14.8. The molecule has 1 aliphatic rings. The Morgan fingerprint density at radius 2 is 1.94 bits per heavy atom. The fraction of sp³-hybridized carbons (Fsp3) is 0.125. The van der Waals surface area contributed by atoms with Gasteiger partial charge in [-0.1, -0.05) is 36.4 Å². The van der Waals surface area contributed by atoms with Gasteiger partial charge in [0.15, 0.2) is 5.58 Å². The highest BCUT2D eigenvalue weighted by Crippen LogP contribution is 2.37. The monoisotopic (exact) mass is 413 g/mol. The van der Waals surface area contributed by atoms with Gasteiger partial charge in [-0.3, -0.25) is 9.78 Å². The van der Waals surface area contributed by atoms with Gasteiger partial charge in [0.1, 0.15) is 11.9 Å². The van der Waals surface area contributed by atoms with Gasteiger partial charge in [0, 0.05) is 18.5 Å². The van der Waals surface area contributed by atoms with Gasteiger partial charge in [0.2, 0.25) is 0 Å². The fourth-order valence-electron chi connectivity index (χ4n) is 4.17. The molecule has 1 N–H and O–H groups in total. The van der Waals surface area contributed by atoms with E-state index in [1.54, 1.807) is 41.3 Å². The number of halogens is 1. The van der Waals surface area contributed by atoms with Gasteiger partial charge in [-0.05, 0) is 41.0 Å². The Kier molecular flexibility index (Phi) is 4.41. The van der Waals surface area contributed by atoms with Crippen molar-refractivity contribution in [1.29, 1.82) is 5.26 Å². The lowest BCUT2D eigenvalue weighted by Crippen LogP contribution is -2.29. The highest BCUT2D eigenvalue weighted by atomic mass is 19.1. The number of carbonyl (C=O) groups is 1. The number of hydrogen-bond acceptors (Lipinski definition) is 4. The number of carbonyl (C=O) groups excluding carboxylic acids is 1. The van der Waals surface area contributed by atoms with E-state index in [1.807, 2.05) is 24.3 Å². The first-order chi connectivity index (χ1) is 15.0. The number of rotatable bonds is 4. The predicted molar refractivity (Wildman–Crippen MR) is 111 cm³/mol. The molecule has 0 saturated heterocycles. The second-order valence-corrected chi connectivity index (χ2v) is 7.48. The summed E-state index contributed by atoms with van der Waals surface area (Å²) >= 11 is 0. The van der Waals surface area contributed by atoms with Crippen LogP contribution in [0.25, 0.3) is 11.1 Å². The summed E-state index contributed by atoms with van der Waals surface area (Å²) in [7, 11) is 0. The van der Waals surface area contributed by atoms with E-state index >= 15 is 0 Å². The van der Waals surface area contributed by atoms with Crippen LogP contribution >= 0.6 is 0 Å². The minimum Gasteiger partial charge on any atom is -0.408 e. The van der Waals surface area contributed by atoms with Gasteiger partial charge in [-0.15, -0.1) is 0 Å². The molecule has 6 nitrogen and oxygen atoms in total. The number of nitrogens with one attached hydrogen (secondary N) is 1. The molecule has 0 bridgehead atoms. The smallest absolute Gasteiger partial charge is 0.408 e. The first-order valence-electron chi connectivity index (χ1n) is 9.74. The van der Waals surface area contributed by atoms with Crippen molar-refractivity contribution in [1.82, 2.24) is 9.88 Å². The lowest BCUT2D eigenvalue weighted by Gasteiger charge is -2.26. The average molecular weight is 413 g/mol. The van der Waals surface area contributed by atoms with E-state index in [1.165, 1.54) is 6.07 Å². The number of benzene rings is 3. The van der Waals surface area contributed by atoms with Crippen molar-refractivity contribution < 1.29 is 13.6 Å². The molecule has 0 aliphatic carbocycles. The zero-order chi connectivity index (χ0) is 21.5. The van der Waals surface area contributed by atoms with Crippen molar-refractivity contribution in [3.63, 3.8) is 0 Å². The molecule has 5 rings (SSSR count). The van der Waals surface area contributed by atoms with Gasteiger partial charge in [0.05, 0.1) is 17.1 Å². The Bertz CT molecular complexity index is 1430. The van der Waals surface area contributed by atoms with Crippen LogP contribution in [0.5, 0.6) is 0 Å². The largest absolute Gasteiger partial charge is 0.417 e. The average Bonchev–Trinajstić information content (AvgIpc) is 3.27. The van der Waals surface area contributed by atoms with Gasteiger partial charge in [-0.2, -0.15) is 5.26 Å². The Labute approximate surface area is 176 Å². The molecule has 1 aliphatic heterocycles. The minimum atomic E-state index is -0.558. The molecule has 0 fully saturated rings. The molecular formula is C24H16FN3O3. The number of aromatic amines is 1. The van der Waals surface area contributed by atoms with E-state index in [0.717, 1.165) is 11.1 Å². The SMILES string of the molecule is N#Cc1cccc(CC2c3ccccc3C(=O)N2Cc2ccc3[nH]c(=O)oc3c2)c1F. The number of nitrogens with zero attached hydrogens (tertiary/aromatic N) is 2. The number of aromatic nitrogens is 1. The molecule has 7 heteroatoms. The molecule has 1 amide bonds. The summed E-state index contributed by atoms with van der Waals surface area (Å²) in [5.74, 6) is -1.24. The molecular weight excluding hydrogens is 397 g/mol. The van der Waals surface area contributed by atoms with Crippen molar-refractivity contribution in [3.05, 3.63) is 105 Å². The van der Waals surface area contributed by atoms with Crippen LogP contribution in [-0.4, -0.2) is 15.8 Å². The molecule has 3 aromatic carbocycles. The standard InChI is InChI=1S/C24H16FN3O3/c25-22-15(4-3-5-16(22)12-26)11-20-17-6-1-2-7-18(17)23(29)28(20)13-14-8-9-19-21(10-14)31-24(30)27-19/h1-10,20H,11,13H2,(H,27,30). The fourth-order valence-corrected chi connectivity index (χ4v) is 4.17. The summed E-state index contributed by atoms with van der Waals surface area (Å²) in [4.78, 5) is 28.9. The Balaban J connectivity index is 1.53. The minimum absolute atomic E-state index is 0.0189. The molecule has 4 aromatic rings. The van der Waals surface area contributed by atoms with Crippen LogP contribution in [0.3, 0.4) is 0 Å². The van der Waals surface area contributed by atoms with Crippen molar-refractivity contribution in [2.24, 2.45) is 0 Å². The zero-order valence-electron chi connectivity index (χ0n) is 16.3. The molecule has 0 radical (unpaired) electrons. The summed E-state index contributed by atoms with van der Waals surface area (Å²) in [5.41, 5.74) is 3.54. The van der Waals surface area contributed by atoms with E-state index in [9.17, 15) is 14.0 Å². The molecule has 152 valence electrons. The van der Waals surface area contributed by atoms with Gasteiger partial charge in [0.25, 0.3) is 5.91 Å². The Hall–Kier alpha value is -4.18. The van der Waals surface area contributed by atoms with E-state index < -0.39 is 11.6 Å². The highest BCUT2D eigenvalue weighted by molar-refractivity contribution is 5.99. The summed E-state index contributed by atoms with van der Waals surface area (Å²) < 4.78 is 19.9. The maximum atomic E-state index is 14.8. The van der Waals surface area contributed by atoms with Crippen LogP contribution in [0, 0.1) is 17.1 Å². The molecule has 1 atom stereocenters. The molecule has 1 unspecified atom stereocenters. The van der Waals surface area contributed by atoms with Crippen molar-refractivity contribution in [2.75, 3.05) is 0 Å². The van der Waals surface area contributed by atoms with E-state index in [4.69, 9.17) is 9.68 Å². The van der Waals surface area contributed by atoms with E-state index in [2.05, 4.69) is 4.98 Å². The van der Waals surface area contributed by atoms with Crippen molar-refractivity contribution in [2.45, 2.75) is 19.0 Å². The third-order valence-electron chi connectivity index (χ3n) is 5.64. The number of H-pyrrole nitrogens is 1. The number of oxazole rings is 1. The third kappa shape index (κ3) is 3.19. The number of nitriles is 1. The number of hydrogen-bond donors (Lipinski definition) is 1. The van der Waals surface area contributed by atoms with E-state index in [0.29, 0.717) is 22.2 Å². The van der Waals surface area contributed by atoms with Crippen LogP contribution in [0.15, 0.2) is 69.9 Å². The first-order valence-corrected chi connectivity index (χ1v) is 9.74. The number of amides is 1. The Morgan fingerprint density at radius 1 is 1.10 bits per heavy atom. The lowest BCUT2D eigenvalue weighted by atomic mass is 9.96. The summed E-state index contributed by atoms with van der Waals surface area (Å²) in [6, 6.07) is 18.8. The topological polar surface area (TPSA) is 90.1 Å². The van der Waals surface area contributed by atoms with Crippen molar-refractivity contribution >= 4 is 17.0 Å². The normalized spacial score (nSPS) is 15.3. The van der Waals surface area contributed by atoms with Crippen LogP contribution in [0.2, 0.25) is 0 Å². The second-order valence-electron chi connectivity index (χ2n) is 7.48.